The van der Waals surface area contributed by atoms with Gasteiger partial charge in [0.05, 0.1) is 0 Å². The minimum absolute atomic E-state index is 0.0372. The number of nitrogens with one attached hydrogen (secondary N) is 2. The lowest BCUT2D eigenvalue weighted by Gasteiger charge is -2.09. The monoisotopic (exact) mass is 283 g/mol. The highest BCUT2D eigenvalue weighted by Gasteiger charge is 2.02. The highest BCUT2D eigenvalue weighted by atomic mass is 16.1. The number of rotatable bonds is 6. The third-order valence-electron chi connectivity index (χ3n) is 3.40. The maximum Gasteiger partial charge on any atom is 0.222 e. The molecule has 4 nitrogen and oxygen atoms in total. The van der Waals surface area contributed by atoms with Crippen LogP contribution in [0.3, 0.4) is 0 Å². The lowest BCUT2D eigenvalue weighted by Crippen LogP contribution is -2.24. The van der Waals surface area contributed by atoms with Crippen LogP contribution in [0.2, 0.25) is 0 Å². The molecule has 1 aromatic heterocycles. The van der Waals surface area contributed by atoms with E-state index < -0.39 is 0 Å². The minimum Gasteiger partial charge on any atom is -0.385 e. The summed E-state index contributed by atoms with van der Waals surface area (Å²) < 4.78 is 0. The summed E-state index contributed by atoms with van der Waals surface area (Å²) in [5.41, 5.74) is 4.59. The summed E-state index contributed by atoms with van der Waals surface area (Å²) in [5.74, 6) is 0.0372. The van der Waals surface area contributed by atoms with Gasteiger partial charge < -0.3 is 10.6 Å². The van der Waals surface area contributed by atoms with E-state index >= 15 is 0 Å². The van der Waals surface area contributed by atoms with E-state index in [1.807, 2.05) is 18.2 Å². The lowest BCUT2D eigenvalue weighted by molar-refractivity contribution is -0.121. The zero-order chi connectivity index (χ0) is 15.1. The molecule has 0 aliphatic rings. The second-order valence-corrected chi connectivity index (χ2v) is 5.11. The molecule has 0 aliphatic heterocycles. The third-order valence-corrected chi connectivity index (χ3v) is 3.40. The number of amides is 1. The number of hydrogen-bond donors (Lipinski definition) is 2. The van der Waals surface area contributed by atoms with Crippen molar-refractivity contribution in [3.63, 3.8) is 0 Å². The van der Waals surface area contributed by atoms with E-state index in [4.69, 9.17) is 0 Å². The highest BCUT2D eigenvalue weighted by Crippen LogP contribution is 2.13. The molecule has 110 valence electrons. The van der Waals surface area contributed by atoms with Gasteiger partial charge in [-0.2, -0.15) is 0 Å². The first-order chi connectivity index (χ1) is 10.1. The van der Waals surface area contributed by atoms with Gasteiger partial charge in [-0.3, -0.25) is 9.78 Å². The summed E-state index contributed by atoms with van der Waals surface area (Å²) in [6.45, 7) is 5.32. The first-order valence-electron chi connectivity index (χ1n) is 7.12. The average Bonchev–Trinajstić information content (AvgIpc) is 2.50. The molecule has 0 atom stereocenters. The van der Waals surface area contributed by atoms with E-state index in [1.54, 1.807) is 12.4 Å². The van der Waals surface area contributed by atoms with Crippen LogP contribution in [0.4, 0.5) is 5.69 Å². The smallest absolute Gasteiger partial charge is 0.222 e. The Kier molecular flexibility index (Phi) is 5.32. The topological polar surface area (TPSA) is 54.0 Å². The van der Waals surface area contributed by atoms with E-state index in [0.29, 0.717) is 19.5 Å². The standard InChI is InChI=1S/C17H21N3O/c1-13-5-6-16(10-14(13)2)19-9-7-17(21)20-12-15-4-3-8-18-11-15/h3-6,8,10-11,19H,7,9,12H2,1-2H3,(H,20,21). The molecule has 2 aromatic rings. The lowest BCUT2D eigenvalue weighted by atomic mass is 10.1. The Morgan fingerprint density at radius 2 is 2.05 bits per heavy atom. The van der Waals surface area contributed by atoms with Crippen LogP contribution in [0.15, 0.2) is 42.7 Å². The molecule has 1 aromatic carbocycles. The fraction of sp³-hybridized carbons (Fsp3) is 0.294. The number of benzene rings is 1. The van der Waals surface area contributed by atoms with Crippen LogP contribution in [0.5, 0.6) is 0 Å². The van der Waals surface area contributed by atoms with Crippen molar-refractivity contribution in [2.75, 3.05) is 11.9 Å². The Morgan fingerprint density at radius 3 is 2.76 bits per heavy atom. The molecule has 0 radical (unpaired) electrons. The number of pyridine rings is 1. The largest absolute Gasteiger partial charge is 0.385 e. The maximum absolute atomic E-state index is 11.8. The van der Waals surface area contributed by atoms with Gasteiger partial charge in [-0.25, -0.2) is 0 Å². The summed E-state index contributed by atoms with van der Waals surface area (Å²) >= 11 is 0. The summed E-state index contributed by atoms with van der Waals surface area (Å²) in [6.07, 6.45) is 3.93. The van der Waals surface area contributed by atoms with Gasteiger partial charge >= 0.3 is 0 Å². The Balaban J connectivity index is 1.70. The average molecular weight is 283 g/mol. The molecular weight excluding hydrogens is 262 g/mol. The Morgan fingerprint density at radius 1 is 1.19 bits per heavy atom. The van der Waals surface area contributed by atoms with Crippen LogP contribution in [0.25, 0.3) is 0 Å². The van der Waals surface area contributed by atoms with Gasteiger partial charge in [-0.15, -0.1) is 0 Å². The number of anilines is 1. The molecule has 0 unspecified atom stereocenters. The van der Waals surface area contributed by atoms with Crippen LogP contribution in [-0.4, -0.2) is 17.4 Å². The van der Waals surface area contributed by atoms with Crippen molar-refractivity contribution in [3.8, 4) is 0 Å². The van der Waals surface area contributed by atoms with Crippen molar-refractivity contribution in [3.05, 3.63) is 59.4 Å². The van der Waals surface area contributed by atoms with Crippen LogP contribution in [0, 0.1) is 13.8 Å². The molecule has 0 saturated heterocycles. The normalized spacial score (nSPS) is 10.2. The van der Waals surface area contributed by atoms with Crippen LogP contribution < -0.4 is 10.6 Å². The maximum atomic E-state index is 11.8. The first-order valence-corrected chi connectivity index (χ1v) is 7.12. The molecule has 4 heteroatoms. The number of hydrogen-bond acceptors (Lipinski definition) is 3. The number of aromatic nitrogens is 1. The van der Waals surface area contributed by atoms with E-state index in [9.17, 15) is 4.79 Å². The van der Waals surface area contributed by atoms with Crippen molar-refractivity contribution in [2.24, 2.45) is 0 Å². The van der Waals surface area contributed by atoms with Crippen molar-refractivity contribution in [1.82, 2.24) is 10.3 Å². The molecule has 0 fully saturated rings. The fourth-order valence-corrected chi connectivity index (χ4v) is 1.96. The number of nitrogens with zero attached hydrogens (tertiary/aromatic N) is 1. The summed E-state index contributed by atoms with van der Waals surface area (Å²) in [5, 5.41) is 6.16. The van der Waals surface area contributed by atoms with Crippen LogP contribution in [-0.2, 0) is 11.3 Å². The Bertz CT molecular complexity index is 596. The van der Waals surface area contributed by atoms with Gasteiger partial charge in [0.1, 0.15) is 0 Å². The van der Waals surface area contributed by atoms with Crippen LogP contribution in [0.1, 0.15) is 23.1 Å². The molecule has 0 saturated carbocycles. The van der Waals surface area contributed by atoms with Gasteiger partial charge in [-0.1, -0.05) is 12.1 Å². The second kappa shape index (κ2) is 7.43. The van der Waals surface area contributed by atoms with Gasteiger partial charge in [0.25, 0.3) is 0 Å². The first kappa shape index (κ1) is 15.0. The molecule has 0 bridgehead atoms. The predicted octanol–water partition coefficient (Wildman–Crippen LogP) is 2.82. The van der Waals surface area contributed by atoms with E-state index in [2.05, 4.69) is 41.6 Å². The quantitative estimate of drug-likeness (QED) is 0.857. The summed E-state index contributed by atoms with van der Waals surface area (Å²) in [6, 6.07) is 10.0. The number of aryl methyl sites for hydroxylation is 2. The van der Waals surface area contributed by atoms with Crippen LogP contribution >= 0.6 is 0 Å². The van der Waals surface area contributed by atoms with Gasteiger partial charge in [0, 0.05) is 37.6 Å². The van der Waals surface area contributed by atoms with Gasteiger partial charge in [-0.05, 0) is 48.7 Å². The highest BCUT2D eigenvalue weighted by molar-refractivity contribution is 5.76. The van der Waals surface area contributed by atoms with E-state index in [-0.39, 0.29) is 5.91 Å². The predicted molar refractivity (Wildman–Crippen MR) is 85.1 cm³/mol. The van der Waals surface area contributed by atoms with Gasteiger partial charge in [0.15, 0.2) is 0 Å². The molecule has 2 rings (SSSR count). The molecule has 1 heterocycles. The number of carbonyl (C=O) groups is 1. The van der Waals surface area contributed by atoms with E-state index in [1.165, 1.54) is 11.1 Å². The van der Waals surface area contributed by atoms with Gasteiger partial charge in [0.2, 0.25) is 5.91 Å². The molecule has 2 N–H and O–H groups in total. The van der Waals surface area contributed by atoms with Crippen molar-refractivity contribution >= 4 is 11.6 Å². The summed E-state index contributed by atoms with van der Waals surface area (Å²) in [7, 11) is 0. The second-order valence-electron chi connectivity index (χ2n) is 5.11. The van der Waals surface area contributed by atoms with Crippen molar-refractivity contribution < 1.29 is 4.79 Å². The zero-order valence-corrected chi connectivity index (χ0v) is 12.5. The molecule has 21 heavy (non-hydrogen) atoms. The summed E-state index contributed by atoms with van der Waals surface area (Å²) in [4.78, 5) is 15.8. The Labute approximate surface area is 125 Å². The third kappa shape index (κ3) is 4.91. The molecule has 0 aliphatic carbocycles. The fourth-order valence-electron chi connectivity index (χ4n) is 1.96. The van der Waals surface area contributed by atoms with Crippen molar-refractivity contribution in [1.29, 1.82) is 0 Å². The van der Waals surface area contributed by atoms with Crippen molar-refractivity contribution in [2.45, 2.75) is 26.8 Å². The Hall–Kier alpha value is -2.36. The molecule has 1 amide bonds. The van der Waals surface area contributed by atoms with E-state index in [0.717, 1.165) is 11.3 Å². The SMILES string of the molecule is Cc1ccc(NCCC(=O)NCc2cccnc2)cc1C. The zero-order valence-electron chi connectivity index (χ0n) is 12.5. The molecule has 0 spiro atoms. The minimum atomic E-state index is 0.0372. The molecular formula is C17H21N3O. The number of carbonyl (C=O) groups excluding carboxylic acids is 1.